The van der Waals surface area contributed by atoms with E-state index in [9.17, 15) is 0 Å². The molecule has 5 heteroatoms. The molecule has 0 bridgehead atoms. The molecular formula is C14H19N5. The van der Waals surface area contributed by atoms with Crippen molar-refractivity contribution in [3.63, 3.8) is 0 Å². The summed E-state index contributed by atoms with van der Waals surface area (Å²) >= 11 is 0. The molecule has 19 heavy (non-hydrogen) atoms. The van der Waals surface area contributed by atoms with Gasteiger partial charge in [0, 0.05) is 30.9 Å². The highest BCUT2D eigenvalue weighted by molar-refractivity contribution is 5.54. The monoisotopic (exact) mass is 257 g/mol. The molecule has 1 aliphatic heterocycles. The quantitative estimate of drug-likeness (QED) is 0.910. The van der Waals surface area contributed by atoms with Crippen molar-refractivity contribution in [3.05, 3.63) is 29.8 Å². The molecule has 1 saturated heterocycles. The third kappa shape index (κ3) is 2.38. The van der Waals surface area contributed by atoms with Crippen LogP contribution in [0.2, 0.25) is 0 Å². The largest absolute Gasteiger partial charge is 0.316 e. The smallest absolute Gasteiger partial charge is 0.133 e. The van der Waals surface area contributed by atoms with Gasteiger partial charge in [-0.15, -0.1) is 0 Å². The summed E-state index contributed by atoms with van der Waals surface area (Å²) in [5.41, 5.74) is 3.07. The van der Waals surface area contributed by atoms with Gasteiger partial charge < -0.3 is 5.32 Å². The predicted octanol–water partition coefficient (Wildman–Crippen LogP) is 1.75. The molecule has 2 aromatic rings. The minimum atomic E-state index is 0.441. The topological polar surface area (TPSA) is 55.6 Å². The summed E-state index contributed by atoms with van der Waals surface area (Å²) in [6, 6.07) is 4.05. The number of hydrogen-bond acceptors (Lipinski definition) is 4. The van der Waals surface area contributed by atoms with Crippen LogP contribution in [-0.4, -0.2) is 32.8 Å². The molecule has 1 atom stereocenters. The fourth-order valence-corrected chi connectivity index (χ4v) is 2.58. The van der Waals surface area contributed by atoms with Crippen LogP contribution in [0.25, 0.3) is 11.4 Å². The summed E-state index contributed by atoms with van der Waals surface area (Å²) in [6.07, 6.45) is 2.95. The molecule has 1 aliphatic rings. The van der Waals surface area contributed by atoms with Crippen LogP contribution >= 0.6 is 0 Å². The van der Waals surface area contributed by atoms with Crippen molar-refractivity contribution in [1.82, 2.24) is 25.1 Å². The number of aromatic nitrogens is 4. The van der Waals surface area contributed by atoms with Crippen molar-refractivity contribution in [1.29, 1.82) is 0 Å². The molecule has 1 N–H and O–H groups in total. The lowest BCUT2D eigenvalue weighted by atomic mass is 10.1. The Kier molecular flexibility index (Phi) is 3.29. The number of nitrogens with one attached hydrogen (secondary N) is 1. The lowest BCUT2D eigenvalue weighted by molar-refractivity contribution is 0.661. The van der Waals surface area contributed by atoms with Gasteiger partial charge in [0.1, 0.15) is 5.82 Å². The van der Waals surface area contributed by atoms with E-state index in [1.807, 2.05) is 29.9 Å². The van der Waals surface area contributed by atoms with Gasteiger partial charge in [-0.3, -0.25) is 4.68 Å². The van der Waals surface area contributed by atoms with E-state index < -0.39 is 0 Å². The first-order valence-electron chi connectivity index (χ1n) is 6.86. The molecule has 0 radical (unpaired) electrons. The average Bonchev–Trinajstić information content (AvgIpc) is 3.09. The number of nitrogens with zero attached hydrogens (tertiary/aromatic N) is 4. The molecule has 2 aromatic heterocycles. The van der Waals surface area contributed by atoms with Crippen molar-refractivity contribution in [2.45, 2.75) is 32.7 Å². The SMILES string of the molecule is CCn1nccc1-c1cc(C)nc(C2CCNC2)n1. The van der Waals surface area contributed by atoms with Gasteiger partial charge in [-0.1, -0.05) is 0 Å². The van der Waals surface area contributed by atoms with E-state index in [2.05, 4.69) is 22.3 Å². The molecule has 1 fully saturated rings. The minimum absolute atomic E-state index is 0.441. The Hall–Kier alpha value is -1.75. The second kappa shape index (κ2) is 5.09. The molecule has 0 amide bonds. The Labute approximate surface area is 113 Å². The van der Waals surface area contributed by atoms with Crippen LogP contribution in [0.4, 0.5) is 0 Å². The van der Waals surface area contributed by atoms with E-state index in [0.29, 0.717) is 5.92 Å². The van der Waals surface area contributed by atoms with Gasteiger partial charge in [-0.25, -0.2) is 9.97 Å². The highest BCUT2D eigenvalue weighted by Crippen LogP contribution is 2.23. The zero-order valence-corrected chi connectivity index (χ0v) is 11.4. The van der Waals surface area contributed by atoms with Gasteiger partial charge in [0.15, 0.2) is 0 Å². The molecule has 0 spiro atoms. The third-order valence-electron chi connectivity index (χ3n) is 3.58. The van der Waals surface area contributed by atoms with E-state index in [-0.39, 0.29) is 0 Å². The Bertz CT molecular complexity index is 569. The van der Waals surface area contributed by atoms with E-state index in [4.69, 9.17) is 4.98 Å². The summed E-state index contributed by atoms with van der Waals surface area (Å²) in [7, 11) is 0. The van der Waals surface area contributed by atoms with Gasteiger partial charge in [0.25, 0.3) is 0 Å². The predicted molar refractivity (Wildman–Crippen MR) is 73.9 cm³/mol. The van der Waals surface area contributed by atoms with Gasteiger partial charge >= 0.3 is 0 Å². The highest BCUT2D eigenvalue weighted by atomic mass is 15.3. The molecule has 0 aliphatic carbocycles. The van der Waals surface area contributed by atoms with Crippen molar-refractivity contribution < 1.29 is 0 Å². The Morgan fingerprint density at radius 3 is 3.05 bits per heavy atom. The van der Waals surface area contributed by atoms with Crippen LogP contribution in [-0.2, 0) is 6.54 Å². The maximum absolute atomic E-state index is 4.75. The van der Waals surface area contributed by atoms with E-state index in [1.165, 1.54) is 0 Å². The van der Waals surface area contributed by atoms with Gasteiger partial charge in [-0.2, -0.15) is 5.10 Å². The lowest BCUT2D eigenvalue weighted by Crippen LogP contribution is -2.11. The molecule has 5 nitrogen and oxygen atoms in total. The van der Waals surface area contributed by atoms with E-state index in [0.717, 1.165) is 49.0 Å². The number of aryl methyl sites for hydroxylation is 2. The second-order valence-corrected chi connectivity index (χ2v) is 4.97. The zero-order chi connectivity index (χ0) is 13.2. The normalized spacial score (nSPS) is 18.9. The fraction of sp³-hybridized carbons (Fsp3) is 0.500. The molecule has 3 rings (SSSR count). The van der Waals surface area contributed by atoms with Crippen LogP contribution in [0.5, 0.6) is 0 Å². The average molecular weight is 257 g/mol. The third-order valence-corrected chi connectivity index (χ3v) is 3.58. The van der Waals surface area contributed by atoms with Gasteiger partial charge in [-0.05, 0) is 38.9 Å². The maximum atomic E-state index is 4.75. The fourth-order valence-electron chi connectivity index (χ4n) is 2.58. The molecule has 0 saturated carbocycles. The zero-order valence-electron chi connectivity index (χ0n) is 11.4. The summed E-state index contributed by atoms with van der Waals surface area (Å²) < 4.78 is 1.97. The van der Waals surface area contributed by atoms with Crippen LogP contribution in [0.15, 0.2) is 18.3 Å². The first kappa shape index (κ1) is 12.3. The van der Waals surface area contributed by atoms with Crippen molar-refractivity contribution >= 4 is 0 Å². The molecular weight excluding hydrogens is 238 g/mol. The van der Waals surface area contributed by atoms with Gasteiger partial charge in [0.05, 0.1) is 11.4 Å². The maximum Gasteiger partial charge on any atom is 0.133 e. The summed E-state index contributed by atoms with van der Waals surface area (Å²) in [5.74, 6) is 1.40. The number of rotatable bonds is 3. The Balaban J connectivity index is 2.02. The second-order valence-electron chi connectivity index (χ2n) is 4.97. The van der Waals surface area contributed by atoms with E-state index >= 15 is 0 Å². The summed E-state index contributed by atoms with van der Waals surface area (Å²) in [6.45, 7) is 7.02. The first-order chi connectivity index (χ1) is 9.28. The molecule has 3 heterocycles. The molecule has 1 unspecified atom stereocenters. The highest BCUT2D eigenvalue weighted by Gasteiger charge is 2.20. The standard InChI is InChI=1S/C14H19N5/c1-3-19-13(5-7-16-19)12-8-10(2)17-14(18-12)11-4-6-15-9-11/h5,7-8,11,15H,3-4,6,9H2,1-2H3. The van der Waals surface area contributed by atoms with Crippen LogP contribution < -0.4 is 5.32 Å². The molecule has 0 aromatic carbocycles. The summed E-state index contributed by atoms with van der Waals surface area (Å²) in [4.78, 5) is 9.36. The minimum Gasteiger partial charge on any atom is -0.316 e. The Morgan fingerprint density at radius 2 is 2.32 bits per heavy atom. The van der Waals surface area contributed by atoms with Crippen molar-refractivity contribution in [2.24, 2.45) is 0 Å². The first-order valence-corrected chi connectivity index (χ1v) is 6.86. The summed E-state index contributed by atoms with van der Waals surface area (Å²) in [5, 5.41) is 7.68. The lowest BCUT2D eigenvalue weighted by Gasteiger charge is -2.11. The van der Waals surface area contributed by atoms with E-state index in [1.54, 1.807) is 0 Å². The van der Waals surface area contributed by atoms with Crippen molar-refractivity contribution in [2.75, 3.05) is 13.1 Å². The van der Waals surface area contributed by atoms with Gasteiger partial charge in [0.2, 0.25) is 0 Å². The van der Waals surface area contributed by atoms with Crippen LogP contribution in [0.3, 0.4) is 0 Å². The molecule has 100 valence electrons. The Morgan fingerprint density at radius 1 is 1.42 bits per heavy atom. The number of hydrogen-bond donors (Lipinski definition) is 1. The van der Waals surface area contributed by atoms with Crippen LogP contribution in [0.1, 0.15) is 30.8 Å². The van der Waals surface area contributed by atoms with Crippen molar-refractivity contribution in [3.8, 4) is 11.4 Å². The van der Waals surface area contributed by atoms with Crippen LogP contribution in [0, 0.1) is 6.92 Å².